The third-order valence-corrected chi connectivity index (χ3v) is 3.29. The maximum atomic E-state index is 10.9. The Labute approximate surface area is 105 Å². The minimum absolute atomic E-state index is 0.00969. The van der Waals surface area contributed by atoms with Crippen molar-refractivity contribution < 1.29 is 9.90 Å². The largest absolute Gasteiger partial charge is 0.481 e. The molecule has 0 fully saturated rings. The fourth-order valence-corrected chi connectivity index (χ4v) is 2.59. The van der Waals surface area contributed by atoms with Crippen molar-refractivity contribution >= 4 is 5.97 Å². The number of aryl methyl sites for hydroxylation is 1. The molecule has 0 spiro atoms. The molecule has 0 aliphatic carbocycles. The van der Waals surface area contributed by atoms with Crippen LogP contribution in [0, 0.1) is 0 Å². The predicted octanol–water partition coefficient (Wildman–Crippen LogP) is 2.12. The van der Waals surface area contributed by atoms with Crippen molar-refractivity contribution in [2.75, 3.05) is 0 Å². The smallest absolute Gasteiger partial charge is 0.309 e. The maximum Gasteiger partial charge on any atom is 0.309 e. The molecule has 0 unspecified atom stereocenters. The van der Waals surface area contributed by atoms with Gasteiger partial charge in [-0.15, -0.1) is 0 Å². The lowest BCUT2D eigenvalue weighted by Crippen LogP contribution is -2.03. The van der Waals surface area contributed by atoms with Gasteiger partial charge in [0.25, 0.3) is 0 Å². The minimum atomic E-state index is -0.830. The molecule has 92 valence electrons. The number of hydrogen-bond acceptors (Lipinski definition) is 2. The number of hydrogen-bond donors (Lipinski definition) is 1. The van der Waals surface area contributed by atoms with Gasteiger partial charge >= 0.3 is 5.97 Å². The summed E-state index contributed by atoms with van der Waals surface area (Å²) in [5, 5.41) is 13.4. The fourth-order valence-electron chi connectivity index (χ4n) is 2.59. The summed E-state index contributed by atoms with van der Waals surface area (Å²) < 4.78 is 1.96. The number of fused-ring (bicyclic) bond motifs is 1. The number of aliphatic carboxylic acids is 1. The normalized spacial score (nSPS) is 13.6. The lowest BCUT2D eigenvalue weighted by Gasteiger charge is -2.03. The van der Waals surface area contributed by atoms with Gasteiger partial charge in [-0.1, -0.05) is 30.3 Å². The van der Waals surface area contributed by atoms with Gasteiger partial charge in [-0.05, 0) is 18.4 Å². The van der Waals surface area contributed by atoms with Gasteiger partial charge in [0, 0.05) is 17.8 Å². The molecular formula is C14H14N2O2. The molecule has 4 nitrogen and oxygen atoms in total. The van der Waals surface area contributed by atoms with E-state index in [1.807, 2.05) is 35.0 Å². The van der Waals surface area contributed by atoms with Gasteiger partial charge in [-0.25, -0.2) is 0 Å². The zero-order valence-electron chi connectivity index (χ0n) is 9.97. The molecule has 1 aromatic carbocycles. The molecule has 1 aliphatic rings. The number of rotatable bonds is 3. The molecule has 1 aliphatic heterocycles. The Hall–Kier alpha value is -2.10. The number of carboxylic acid groups (broad SMARTS) is 1. The van der Waals surface area contributed by atoms with Crippen LogP contribution in [0.1, 0.15) is 17.8 Å². The van der Waals surface area contributed by atoms with Crippen LogP contribution < -0.4 is 0 Å². The lowest BCUT2D eigenvalue weighted by atomic mass is 10.0. The Kier molecular flexibility index (Phi) is 2.63. The van der Waals surface area contributed by atoms with Gasteiger partial charge < -0.3 is 5.11 Å². The number of carbonyl (C=O) groups is 1. The van der Waals surface area contributed by atoms with Crippen molar-refractivity contribution in [1.29, 1.82) is 0 Å². The molecule has 1 N–H and O–H groups in total. The fraction of sp³-hybridized carbons (Fsp3) is 0.286. The summed E-state index contributed by atoms with van der Waals surface area (Å²) in [7, 11) is 0. The number of benzene rings is 1. The highest BCUT2D eigenvalue weighted by Crippen LogP contribution is 2.31. The van der Waals surface area contributed by atoms with Gasteiger partial charge in [-0.2, -0.15) is 5.10 Å². The van der Waals surface area contributed by atoms with Crippen LogP contribution in [-0.4, -0.2) is 20.9 Å². The molecular weight excluding hydrogens is 228 g/mol. The second-order valence-electron chi connectivity index (χ2n) is 4.53. The van der Waals surface area contributed by atoms with Crippen LogP contribution in [0.15, 0.2) is 30.3 Å². The summed E-state index contributed by atoms with van der Waals surface area (Å²) in [6.45, 7) is 0.898. The van der Waals surface area contributed by atoms with Gasteiger partial charge in [0.1, 0.15) is 0 Å². The molecule has 2 heterocycles. The molecule has 1 aromatic heterocycles. The molecule has 0 amide bonds. The van der Waals surface area contributed by atoms with Crippen LogP contribution >= 0.6 is 0 Å². The van der Waals surface area contributed by atoms with Crippen molar-refractivity contribution in [2.24, 2.45) is 0 Å². The molecule has 0 radical (unpaired) electrons. The van der Waals surface area contributed by atoms with E-state index in [0.29, 0.717) is 5.69 Å². The third kappa shape index (κ3) is 1.79. The van der Waals surface area contributed by atoms with E-state index in [4.69, 9.17) is 5.11 Å². The van der Waals surface area contributed by atoms with Crippen molar-refractivity contribution in [3.8, 4) is 11.1 Å². The second-order valence-corrected chi connectivity index (χ2v) is 4.53. The van der Waals surface area contributed by atoms with Crippen molar-refractivity contribution in [2.45, 2.75) is 25.8 Å². The van der Waals surface area contributed by atoms with Crippen LogP contribution in [0.4, 0.5) is 0 Å². The Morgan fingerprint density at radius 2 is 2.11 bits per heavy atom. The van der Waals surface area contributed by atoms with E-state index in [1.165, 1.54) is 5.69 Å². The third-order valence-electron chi connectivity index (χ3n) is 3.29. The van der Waals surface area contributed by atoms with Crippen LogP contribution in [-0.2, 0) is 24.2 Å². The van der Waals surface area contributed by atoms with E-state index in [0.717, 1.165) is 30.5 Å². The van der Waals surface area contributed by atoms with Crippen LogP contribution in [0.3, 0.4) is 0 Å². The quantitative estimate of drug-likeness (QED) is 0.897. The monoisotopic (exact) mass is 242 g/mol. The average molecular weight is 242 g/mol. The molecule has 0 bridgehead atoms. The molecule has 0 saturated carbocycles. The highest BCUT2D eigenvalue weighted by atomic mass is 16.4. The number of nitrogens with zero attached hydrogens (tertiary/aromatic N) is 2. The Balaban J connectivity index is 2.13. The second kappa shape index (κ2) is 4.29. The zero-order chi connectivity index (χ0) is 12.5. The van der Waals surface area contributed by atoms with Gasteiger partial charge in [0.15, 0.2) is 0 Å². The average Bonchev–Trinajstić information content (AvgIpc) is 2.89. The first-order valence-corrected chi connectivity index (χ1v) is 6.11. The predicted molar refractivity (Wildman–Crippen MR) is 67.3 cm³/mol. The van der Waals surface area contributed by atoms with Gasteiger partial charge in [0.05, 0.1) is 12.1 Å². The molecule has 2 aromatic rings. The molecule has 18 heavy (non-hydrogen) atoms. The highest BCUT2D eigenvalue weighted by Gasteiger charge is 2.23. The summed E-state index contributed by atoms with van der Waals surface area (Å²) in [6, 6.07) is 9.94. The SMILES string of the molecule is O=C(O)Cc1nn2c(c1-c1ccccc1)CCC2. The van der Waals surface area contributed by atoms with Crippen molar-refractivity contribution in [1.82, 2.24) is 9.78 Å². The Bertz CT molecular complexity index is 587. The topological polar surface area (TPSA) is 55.1 Å². The minimum Gasteiger partial charge on any atom is -0.481 e. The van der Waals surface area contributed by atoms with E-state index in [9.17, 15) is 4.79 Å². The molecule has 3 rings (SSSR count). The van der Waals surface area contributed by atoms with Gasteiger partial charge in [0.2, 0.25) is 0 Å². The zero-order valence-corrected chi connectivity index (χ0v) is 9.97. The summed E-state index contributed by atoms with van der Waals surface area (Å²) in [4.78, 5) is 10.9. The number of carboxylic acids is 1. The lowest BCUT2D eigenvalue weighted by molar-refractivity contribution is -0.136. The van der Waals surface area contributed by atoms with Gasteiger partial charge in [-0.3, -0.25) is 9.48 Å². The van der Waals surface area contributed by atoms with E-state index in [-0.39, 0.29) is 6.42 Å². The van der Waals surface area contributed by atoms with Crippen LogP contribution in [0.5, 0.6) is 0 Å². The van der Waals surface area contributed by atoms with Crippen molar-refractivity contribution in [3.05, 3.63) is 41.7 Å². The molecule has 0 saturated heterocycles. The summed E-state index contributed by atoms with van der Waals surface area (Å²) in [5.74, 6) is -0.830. The maximum absolute atomic E-state index is 10.9. The molecule has 4 heteroatoms. The summed E-state index contributed by atoms with van der Waals surface area (Å²) >= 11 is 0. The summed E-state index contributed by atoms with van der Waals surface area (Å²) in [5.41, 5.74) is 3.95. The first-order valence-electron chi connectivity index (χ1n) is 6.11. The van der Waals surface area contributed by atoms with E-state index in [1.54, 1.807) is 0 Å². The molecule has 0 atom stereocenters. The van der Waals surface area contributed by atoms with E-state index in [2.05, 4.69) is 5.10 Å². The Morgan fingerprint density at radius 1 is 1.33 bits per heavy atom. The van der Waals surface area contributed by atoms with E-state index < -0.39 is 5.97 Å². The number of aromatic nitrogens is 2. The highest BCUT2D eigenvalue weighted by molar-refractivity contribution is 5.76. The first kappa shape index (κ1) is 11.0. The Morgan fingerprint density at radius 3 is 2.83 bits per heavy atom. The van der Waals surface area contributed by atoms with E-state index >= 15 is 0 Å². The standard InChI is InChI=1S/C14H14N2O2/c17-13(18)9-11-14(10-5-2-1-3-6-10)12-7-4-8-16(12)15-11/h1-3,5-6H,4,7-9H2,(H,17,18). The first-order chi connectivity index (χ1) is 8.75. The van der Waals surface area contributed by atoms with Crippen molar-refractivity contribution in [3.63, 3.8) is 0 Å². The van der Waals surface area contributed by atoms with Crippen LogP contribution in [0.25, 0.3) is 11.1 Å². The summed E-state index contributed by atoms with van der Waals surface area (Å²) in [6.07, 6.45) is 2.07. The van der Waals surface area contributed by atoms with Crippen LogP contribution in [0.2, 0.25) is 0 Å².